The zero-order valence-electron chi connectivity index (χ0n) is 13.3. The molecule has 7 heteroatoms. The van der Waals surface area contributed by atoms with E-state index in [2.05, 4.69) is 4.57 Å². The summed E-state index contributed by atoms with van der Waals surface area (Å²) in [6.45, 7) is 2.14. The Morgan fingerprint density at radius 1 is 1.04 bits per heavy atom. The second-order valence-electron chi connectivity index (χ2n) is 5.88. The van der Waals surface area contributed by atoms with Crippen molar-refractivity contribution in [2.75, 3.05) is 32.8 Å². The zero-order valence-corrected chi connectivity index (χ0v) is 14.1. The molecule has 1 aromatic carbocycles. The van der Waals surface area contributed by atoms with E-state index in [1.54, 1.807) is 9.80 Å². The maximum Gasteiger partial charge on any atom is 0.248 e. The molecule has 0 aliphatic carbocycles. The summed E-state index contributed by atoms with van der Waals surface area (Å²) in [5, 5.41) is 10.6. The fraction of sp³-hybridized carbons (Fsp3) is 0.412. The number of fused-ring (bicyclic) bond motifs is 1. The highest BCUT2D eigenvalue weighted by molar-refractivity contribution is 6.31. The minimum atomic E-state index is -0.474. The third kappa shape index (κ3) is 3.55. The van der Waals surface area contributed by atoms with Gasteiger partial charge in [0.25, 0.3) is 0 Å². The number of amides is 2. The molecule has 0 spiro atoms. The number of carbonyl (C=O) groups is 2. The van der Waals surface area contributed by atoms with Crippen LogP contribution in [-0.4, -0.2) is 64.1 Å². The van der Waals surface area contributed by atoms with Crippen LogP contribution in [0, 0.1) is 0 Å². The monoisotopic (exact) mass is 349 g/mol. The number of aliphatic hydroxyl groups is 1. The molecule has 0 unspecified atom stereocenters. The highest BCUT2D eigenvalue weighted by Crippen LogP contribution is 2.20. The average Bonchev–Trinajstić information content (AvgIpc) is 3.01. The Balaban J connectivity index is 1.55. The normalized spacial score (nSPS) is 15.1. The largest absolute Gasteiger partial charge is 0.387 e. The number of piperazine rings is 1. The van der Waals surface area contributed by atoms with Crippen molar-refractivity contribution in [2.45, 2.75) is 13.0 Å². The lowest BCUT2D eigenvalue weighted by Crippen LogP contribution is -2.51. The first-order valence-corrected chi connectivity index (χ1v) is 8.37. The van der Waals surface area contributed by atoms with Gasteiger partial charge >= 0.3 is 0 Å². The third-order valence-corrected chi connectivity index (χ3v) is 4.66. The van der Waals surface area contributed by atoms with Gasteiger partial charge in [0.1, 0.15) is 6.61 Å². The van der Waals surface area contributed by atoms with E-state index in [-0.39, 0.29) is 11.8 Å². The molecule has 2 heterocycles. The van der Waals surface area contributed by atoms with Crippen LogP contribution >= 0.6 is 11.6 Å². The van der Waals surface area contributed by atoms with Crippen molar-refractivity contribution in [3.8, 4) is 0 Å². The van der Waals surface area contributed by atoms with Gasteiger partial charge in [-0.3, -0.25) is 9.59 Å². The number of hydrogen-bond donors (Lipinski definition) is 1. The van der Waals surface area contributed by atoms with E-state index in [9.17, 15) is 9.59 Å². The molecule has 1 aliphatic heterocycles. The van der Waals surface area contributed by atoms with Gasteiger partial charge in [-0.2, -0.15) is 0 Å². The lowest BCUT2D eigenvalue weighted by Gasteiger charge is -2.34. The molecule has 0 atom stereocenters. The number of rotatable bonds is 4. The van der Waals surface area contributed by atoms with Gasteiger partial charge in [-0.15, -0.1) is 0 Å². The van der Waals surface area contributed by atoms with E-state index in [0.717, 1.165) is 10.9 Å². The predicted molar refractivity (Wildman–Crippen MR) is 91.8 cm³/mol. The zero-order chi connectivity index (χ0) is 17.1. The van der Waals surface area contributed by atoms with Gasteiger partial charge in [-0.25, -0.2) is 0 Å². The molecule has 24 heavy (non-hydrogen) atoms. The number of aryl methyl sites for hydroxylation is 1. The Labute approximate surface area is 145 Å². The number of aromatic nitrogens is 1. The molecule has 128 valence electrons. The van der Waals surface area contributed by atoms with Crippen molar-refractivity contribution < 1.29 is 14.7 Å². The van der Waals surface area contributed by atoms with Gasteiger partial charge in [0.15, 0.2) is 0 Å². The summed E-state index contributed by atoms with van der Waals surface area (Å²) < 4.78 is 2.05. The third-order valence-electron chi connectivity index (χ3n) is 4.42. The van der Waals surface area contributed by atoms with Crippen molar-refractivity contribution >= 4 is 34.3 Å². The molecule has 0 radical (unpaired) electrons. The molecular formula is C17H20ClN3O3. The first kappa shape index (κ1) is 16.8. The van der Waals surface area contributed by atoms with Crippen LogP contribution in [0.4, 0.5) is 0 Å². The maximum absolute atomic E-state index is 12.4. The van der Waals surface area contributed by atoms with Crippen LogP contribution in [0.1, 0.15) is 6.42 Å². The van der Waals surface area contributed by atoms with Crippen molar-refractivity contribution in [3.05, 3.63) is 35.5 Å². The first-order valence-electron chi connectivity index (χ1n) is 7.99. The first-order chi connectivity index (χ1) is 11.6. The topological polar surface area (TPSA) is 65.8 Å². The molecule has 2 aromatic rings. The summed E-state index contributed by atoms with van der Waals surface area (Å²) in [5.74, 6) is -0.193. The van der Waals surface area contributed by atoms with E-state index in [1.165, 1.54) is 0 Å². The molecule has 6 nitrogen and oxygen atoms in total. The summed E-state index contributed by atoms with van der Waals surface area (Å²) in [5.41, 5.74) is 1.06. The van der Waals surface area contributed by atoms with Gasteiger partial charge in [0.2, 0.25) is 11.8 Å². The summed E-state index contributed by atoms with van der Waals surface area (Å²) in [6, 6.07) is 7.71. The number of hydrogen-bond acceptors (Lipinski definition) is 3. The number of benzene rings is 1. The standard InChI is InChI=1S/C17H20ClN3O3/c18-14-1-2-15-13(11-14)3-5-19(15)6-4-16(23)20-7-9-21(10-8-20)17(24)12-22/h1-3,5,11,22H,4,6-10,12H2. The Hall–Kier alpha value is -2.05. The average molecular weight is 350 g/mol. The Kier molecular flexibility index (Phi) is 5.06. The molecule has 1 aromatic heterocycles. The van der Waals surface area contributed by atoms with Crippen LogP contribution in [0.25, 0.3) is 10.9 Å². The van der Waals surface area contributed by atoms with Gasteiger partial charge < -0.3 is 19.5 Å². The Morgan fingerprint density at radius 3 is 2.38 bits per heavy atom. The van der Waals surface area contributed by atoms with Crippen molar-refractivity contribution in [3.63, 3.8) is 0 Å². The molecule has 2 amide bonds. The van der Waals surface area contributed by atoms with E-state index < -0.39 is 6.61 Å². The quantitative estimate of drug-likeness (QED) is 0.906. The number of nitrogens with zero attached hydrogens (tertiary/aromatic N) is 3. The van der Waals surface area contributed by atoms with E-state index in [4.69, 9.17) is 16.7 Å². The van der Waals surface area contributed by atoms with Crippen molar-refractivity contribution in [2.24, 2.45) is 0 Å². The lowest BCUT2D eigenvalue weighted by molar-refractivity contribution is -0.141. The molecule has 1 N–H and O–H groups in total. The second kappa shape index (κ2) is 7.23. The Bertz CT molecular complexity index is 751. The molecule has 1 saturated heterocycles. The summed E-state index contributed by atoms with van der Waals surface area (Å²) >= 11 is 5.99. The number of halogens is 1. The summed E-state index contributed by atoms with van der Waals surface area (Å²) in [4.78, 5) is 27.2. The number of aliphatic hydroxyl groups excluding tert-OH is 1. The van der Waals surface area contributed by atoms with Crippen LogP contribution in [-0.2, 0) is 16.1 Å². The summed E-state index contributed by atoms with van der Waals surface area (Å²) in [7, 11) is 0. The fourth-order valence-corrected chi connectivity index (χ4v) is 3.23. The SMILES string of the molecule is O=C(CO)N1CCN(C(=O)CCn2ccc3cc(Cl)ccc32)CC1. The Morgan fingerprint density at radius 2 is 1.71 bits per heavy atom. The predicted octanol–water partition coefficient (Wildman–Crippen LogP) is 1.35. The smallest absolute Gasteiger partial charge is 0.248 e. The fourth-order valence-electron chi connectivity index (χ4n) is 3.05. The lowest BCUT2D eigenvalue weighted by atomic mass is 10.2. The van der Waals surface area contributed by atoms with Crippen molar-refractivity contribution in [1.29, 1.82) is 0 Å². The van der Waals surface area contributed by atoms with E-state index in [0.29, 0.717) is 44.2 Å². The van der Waals surface area contributed by atoms with Crippen LogP contribution in [0.2, 0.25) is 5.02 Å². The molecule has 3 rings (SSSR count). The van der Waals surface area contributed by atoms with Gasteiger partial charge in [-0.1, -0.05) is 11.6 Å². The molecule has 0 bridgehead atoms. The van der Waals surface area contributed by atoms with Crippen LogP contribution < -0.4 is 0 Å². The summed E-state index contributed by atoms with van der Waals surface area (Å²) in [6.07, 6.45) is 2.38. The van der Waals surface area contributed by atoms with E-state index >= 15 is 0 Å². The highest BCUT2D eigenvalue weighted by atomic mass is 35.5. The maximum atomic E-state index is 12.4. The minimum absolute atomic E-state index is 0.0851. The highest BCUT2D eigenvalue weighted by Gasteiger charge is 2.23. The van der Waals surface area contributed by atoms with Gasteiger partial charge in [0, 0.05) is 61.3 Å². The molecular weight excluding hydrogens is 330 g/mol. The van der Waals surface area contributed by atoms with Crippen LogP contribution in [0.3, 0.4) is 0 Å². The molecule has 0 saturated carbocycles. The van der Waals surface area contributed by atoms with Crippen LogP contribution in [0.15, 0.2) is 30.5 Å². The second-order valence-corrected chi connectivity index (χ2v) is 6.32. The van der Waals surface area contributed by atoms with Crippen LogP contribution in [0.5, 0.6) is 0 Å². The van der Waals surface area contributed by atoms with E-state index in [1.807, 2.05) is 30.5 Å². The van der Waals surface area contributed by atoms with Gasteiger partial charge in [0.05, 0.1) is 0 Å². The molecule has 1 fully saturated rings. The molecule has 1 aliphatic rings. The minimum Gasteiger partial charge on any atom is -0.387 e. The van der Waals surface area contributed by atoms with Crippen molar-refractivity contribution in [1.82, 2.24) is 14.4 Å². The number of carbonyl (C=O) groups excluding carboxylic acids is 2. The van der Waals surface area contributed by atoms with Gasteiger partial charge in [-0.05, 0) is 24.3 Å².